The molecule has 3 atom stereocenters. The van der Waals surface area contributed by atoms with Crippen LogP contribution in [0.4, 0.5) is 0 Å². The molecule has 0 spiro atoms. The molecule has 0 bridgehead atoms. The molecule has 88 valence electrons. The summed E-state index contributed by atoms with van der Waals surface area (Å²) in [6.45, 7) is 7.31. The van der Waals surface area contributed by atoms with Crippen LogP contribution in [-0.2, 0) is 4.79 Å². The molecule has 0 aromatic carbocycles. The van der Waals surface area contributed by atoms with Gasteiger partial charge in [0.2, 0.25) is 5.91 Å². The van der Waals surface area contributed by atoms with E-state index in [2.05, 4.69) is 10.6 Å². The monoisotopic (exact) mass is 214 g/mol. The lowest BCUT2D eigenvalue weighted by Crippen LogP contribution is -2.45. The summed E-state index contributed by atoms with van der Waals surface area (Å²) in [5.41, 5.74) is -0.271. The van der Waals surface area contributed by atoms with Crippen LogP contribution < -0.4 is 10.6 Å². The summed E-state index contributed by atoms with van der Waals surface area (Å²) >= 11 is 0. The fourth-order valence-electron chi connectivity index (χ4n) is 1.98. The average Bonchev–Trinajstić information content (AvgIpc) is 2.51. The Morgan fingerprint density at radius 1 is 1.60 bits per heavy atom. The highest BCUT2D eigenvalue weighted by Crippen LogP contribution is 2.24. The van der Waals surface area contributed by atoms with Gasteiger partial charge in [-0.05, 0) is 40.2 Å². The van der Waals surface area contributed by atoms with Crippen LogP contribution >= 0.6 is 0 Å². The fraction of sp³-hybridized carbons (Fsp3) is 0.909. The minimum atomic E-state index is -0.366. The van der Waals surface area contributed by atoms with E-state index in [0.717, 1.165) is 19.5 Å². The van der Waals surface area contributed by atoms with Crippen molar-refractivity contribution in [1.82, 2.24) is 10.6 Å². The Morgan fingerprint density at radius 2 is 2.27 bits per heavy atom. The summed E-state index contributed by atoms with van der Waals surface area (Å²) in [5, 5.41) is 15.4. The summed E-state index contributed by atoms with van der Waals surface area (Å²) in [7, 11) is 0. The molecule has 0 saturated carbocycles. The molecule has 0 radical (unpaired) electrons. The zero-order valence-electron chi connectivity index (χ0n) is 9.84. The van der Waals surface area contributed by atoms with Crippen LogP contribution in [0.15, 0.2) is 0 Å². The molecule has 1 fully saturated rings. The number of rotatable bonds is 4. The number of carbonyl (C=O) groups excluding carboxylic acids is 1. The van der Waals surface area contributed by atoms with Gasteiger partial charge in [-0.1, -0.05) is 0 Å². The van der Waals surface area contributed by atoms with Crippen molar-refractivity contribution in [3.05, 3.63) is 0 Å². The van der Waals surface area contributed by atoms with Crippen LogP contribution in [-0.4, -0.2) is 36.2 Å². The van der Waals surface area contributed by atoms with Gasteiger partial charge in [-0.15, -0.1) is 0 Å². The maximum absolute atomic E-state index is 11.9. The molecule has 4 heteroatoms. The summed E-state index contributed by atoms with van der Waals surface area (Å²) < 4.78 is 0. The van der Waals surface area contributed by atoms with Gasteiger partial charge >= 0.3 is 0 Å². The number of carbonyl (C=O) groups is 1. The summed E-state index contributed by atoms with van der Waals surface area (Å²) in [6.07, 6.45) is 1.13. The highest BCUT2D eigenvalue weighted by atomic mass is 16.3. The second kappa shape index (κ2) is 4.94. The lowest BCUT2D eigenvalue weighted by molar-refractivity contribution is -0.130. The predicted molar refractivity (Wildman–Crippen MR) is 59.5 cm³/mol. The molecule has 1 aliphatic heterocycles. The first-order chi connectivity index (χ1) is 6.94. The Morgan fingerprint density at radius 3 is 2.73 bits per heavy atom. The van der Waals surface area contributed by atoms with Crippen molar-refractivity contribution in [2.24, 2.45) is 5.41 Å². The number of nitrogens with one attached hydrogen (secondary N) is 2. The largest absolute Gasteiger partial charge is 0.393 e. The van der Waals surface area contributed by atoms with Crippen LogP contribution in [0.3, 0.4) is 0 Å². The zero-order chi connectivity index (χ0) is 11.5. The summed E-state index contributed by atoms with van der Waals surface area (Å²) in [4.78, 5) is 11.9. The average molecular weight is 214 g/mol. The van der Waals surface area contributed by atoms with Gasteiger partial charge in [-0.3, -0.25) is 4.79 Å². The molecule has 3 unspecified atom stereocenters. The number of aliphatic hydroxyl groups is 1. The van der Waals surface area contributed by atoms with Gasteiger partial charge < -0.3 is 15.7 Å². The molecule has 0 aromatic rings. The predicted octanol–water partition coefficient (Wildman–Crippen LogP) is 0.262. The third kappa shape index (κ3) is 3.47. The Labute approximate surface area is 91.4 Å². The molecule has 1 amide bonds. The summed E-state index contributed by atoms with van der Waals surface area (Å²) in [5.74, 6) is 0.0978. The van der Waals surface area contributed by atoms with Gasteiger partial charge in [0.25, 0.3) is 0 Å². The van der Waals surface area contributed by atoms with E-state index in [1.807, 2.05) is 13.8 Å². The Bertz CT molecular complexity index is 223. The minimum Gasteiger partial charge on any atom is -0.393 e. The Balaban J connectivity index is 2.40. The molecule has 0 aliphatic carbocycles. The second-order valence-corrected chi connectivity index (χ2v) is 4.95. The molecule has 1 saturated heterocycles. The third-order valence-electron chi connectivity index (χ3n) is 2.99. The normalized spacial score (nSPS) is 29.9. The van der Waals surface area contributed by atoms with E-state index >= 15 is 0 Å². The maximum Gasteiger partial charge on any atom is 0.227 e. The van der Waals surface area contributed by atoms with E-state index in [-0.39, 0.29) is 23.5 Å². The summed E-state index contributed by atoms with van der Waals surface area (Å²) in [6, 6.07) is 0.0370. The third-order valence-corrected chi connectivity index (χ3v) is 2.99. The maximum atomic E-state index is 11.9. The lowest BCUT2D eigenvalue weighted by atomic mass is 9.88. The standard InChI is InChI=1S/C11H22N2O2/c1-8(6-9(2)14)13-10(15)11(3)4-5-12-7-11/h8-9,12,14H,4-7H2,1-3H3,(H,13,15). The topological polar surface area (TPSA) is 61.4 Å². The fourth-order valence-corrected chi connectivity index (χ4v) is 1.98. The Hall–Kier alpha value is -0.610. The van der Waals surface area contributed by atoms with Crippen molar-refractivity contribution in [2.45, 2.75) is 45.8 Å². The van der Waals surface area contributed by atoms with Crippen molar-refractivity contribution >= 4 is 5.91 Å². The van der Waals surface area contributed by atoms with Gasteiger partial charge in [-0.2, -0.15) is 0 Å². The van der Waals surface area contributed by atoms with E-state index in [0.29, 0.717) is 6.42 Å². The van der Waals surface area contributed by atoms with Crippen LogP contribution in [0.5, 0.6) is 0 Å². The van der Waals surface area contributed by atoms with E-state index in [4.69, 9.17) is 0 Å². The van der Waals surface area contributed by atoms with E-state index in [9.17, 15) is 9.90 Å². The molecule has 15 heavy (non-hydrogen) atoms. The van der Waals surface area contributed by atoms with Crippen LogP contribution in [0, 0.1) is 5.41 Å². The Kier molecular flexibility index (Phi) is 4.11. The van der Waals surface area contributed by atoms with E-state index in [1.165, 1.54) is 0 Å². The van der Waals surface area contributed by atoms with Gasteiger partial charge in [-0.25, -0.2) is 0 Å². The highest BCUT2D eigenvalue weighted by Gasteiger charge is 2.36. The minimum absolute atomic E-state index is 0.0370. The van der Waals surface area contributed by atoms with Gasteiger partial charge in [0.1, 0.15) is 0 Å². The molecule has 1 rings (SSSR count). The molecule has 1 aliphatic rings. The van der Waals surface area contributed by atoms with Crippen LogP contribution in [0.1, 0.15) is 33.6 Å². The molecular weight excluding hydrogens is 192 g/mol. The van der Waals surface area contributed by atoms with E-state index < -0.39 is 0 Å². The van der Waals surface area contributed by atoms with Crippen LogP contribution in [0.25, 0.3) is 0 Å². The molecule has 4 nitrogen and oxygen atoms in total. The van der Waals surface area contributed by atoms with Crippen LogP contribution in [0.2, 0.25) is 0 Å². The van der Waals surface area contributed by atoms with Crippen molar-refractivity contribution < 1.29 is 9.90 Å². The van der Waals surface area contributed by atoms with Gasteiger partial charge in [0.15, 0.2) is 0 Å². The molecule has 0 aromatic heterocycles. The number of amides is 1. The molecule has 1 heterocycles. The highest BCUT2D eigenvalue weighted by molar-refractivity contribution is 5.83. The van der Waals surface area contributed by atoms with Gasteiger partial charge in [0, 0.05) is 12.6 Å². The second-order valence-electron chi connectivity index (χ2n) is 4.95. The number of aliphatic hydroxyl groups excluding tert-OH is 1. The smallest absolute Gasteiger partial charge is 0.227 e. The van der Waals surface area contributed by atoms with E-state index in [1.54, 1.807) is 6.92 Å². The molecule has 3 N–H and O–H groups in total. The first-order valence-corrected chi connectivity index (χ1v) is 5.64. The zero-order valence-corrected chi connectivity index (χ0v) is 9.84. The van der Waals surface area contributed by atoms with Crippen molar-refractivity contribution in [1.29, 1.82) is 0 Å². The first kappa shape index (κ1) is 12.5. The number of hydrogen-bond donors (Lipinski definition) is 3. The van der Waals surface area contributed by atoms with Crippen molar-refractivity contribution in [3.8, 4) is 0 Å². The van der Waals surface area contributed by atoms with Crippen molar-refractivity contribution in [2.75, 3.05) is 13.1 Å². The SMILES string of the molecule is CC(O)CC(C)NC(=O)C1(C)CCNC1. The van der Waals surface area contributed by atoms with Crippen molar-refractivity contribution in [3.63, 3.8) is 0 Å². The first-order valence-electron chi connectivity index (χ1n) is 5.64. The molecular formula is C11H22N2O2. The van der Waals surface area contributed by atoms with Gasteiger partial charge in [0.05, 0.1) is 11.5 Å². The number of hydrogen-bond acceptors (Lipinski definition) is 3. The lowest BCUT2D eigenvalue weighted by Gasteiger charge is -2.25. The quantitative estimate of drug-likeness (QED) is 0.629.